The number of hydrogen-bond donors (Lipinski definition) is 2. The first-order valence-corrected chi connectivity index (χ1v) is 4.81. The summed E-state index contributed by atoms with van der Waals surface area (Å²) in [6, 6.07) is 7.90. The highest BCUT2D eigenvalue weighted by atomic mass is 35.5. The molecule has 0 bridgehead atoms. The van der Waals surface area contributed by atoms with Crippen LogP contribution in [0.4, 0.5) is 5.69 Å². The highest BCUT2D eigenvalue weighted by Crippen LogP contribution is 2.15. The molecule has 0 radical (unpaired) electrons. The summed E-state index contributed by atoms with van der Waals surface area (Å²) < 4.78 is 0. The Morgan fingerprint density at radius 2 is 1.86 bits per heavy atom. The summed E-state index contributed by atoms with van der Waals surface area (Å²) in [4.78, 5) is 9.72. The van der Waals surface area contributed by atoms with Crippen molar-refractivity contribution in [1.29, 1.82) is 0 Å². The fourth-order valence-corrected chi connectivity index (χ4v) is 1.29. The van der Waals surface area contributed by atoms with Gasteiger partial charge in [0.15, 0.2) is 6.04 Å². The van der Waals surface area contributed by atoms with Crippen LogP contribution in [0.2, 0.25) is 0 Å². The van der Waals surface area contributed by atoms with Crippen LogP contribution in [0.3, 0.4) is 0 Å². The molecule has 0 aliphatic carbocycles. The standard InChI is InChI=1S/C9H9Cl2NO2/c10-8(11)7(9(13)14)12-6-4-2-1-3-5-6/h1-5,7-8,12H,(H,13,14). The third-order valence-electron chi connectivity index (χ3n) is 1.61. The SMILES string of the molecule is O=C(O)C(Nc1ccccc1)C(Cl)Cl. The minimum absolute atomic E-state index is 0.672. The summed E-state index contributed by atoms with van der Waals surface area (Å²) in [5, 5.41) is 11.5. The number of carbonyl (C=O) groups is 1. The molecular weight excluding hydrogens is 225 g/mol. The minimum atomic E-state index is -1.08. The van der Waals surface area contributed by atoms with Crippen LogP contribution in [-0.2, 0) is 4.79 Å². The third-order valence-corrected chi connectivity index (χ3v) is 2.12. The molecule has 1 rings (SSSR count). The van der Waals surface area contributed by atoms with E-state index in [1.165, 1.54) is 0 Å². The van der Waals surface area contributed by atoms with Gasteiger partial charge in [-0.1, -0.05) is 18.2 Å². The molecule has 5 heteroatoms. The summed E-state index contributed by atoms with van der Waals surface area (Å²) in [6.07, 6.45) is 0. The maximum absolute atomic E-state index is 10.7. The van der Waals surface area contributed by atoms with Crippen molar-refractivity contribution in [2.45, 2.75) is 10.9 Å². The number of carboxylic acid groups (broad SMARTS) is 1. The van der Waals surface area contributed by atoms with E-state index in [2.05, 4.69) is 5.32 Å². The van der Waals surface area contributed by atoms with Gasteiger partial charge >= 0.3 is 5.97 Å². The van der Waals surface area contributed by atoms with Gasteiger partial charge in [0.2, 0.25) is 0 Å². The lowest BCUT2D eigenvalue weighted by molar-refractivity contribution is -0.137. The Labute approximate surface area is 91.6 Å². The topological polar surface area (TPSA) is 49.3 Å². The third kappa shape index (κ3) is 3.09. The van der Waals surface area contributed by atoms with Crippen molar-refractivity contribution in [3.8, 4) is 0 Å². The van der Waals surface area contributed by atoms with Crippen molar-refractivity contribution in [3.05, 3.63) is 30.3 Å². The second kappa shape index (κ2) is 5.08. The number of halogens is 2. The zero-order chi connectivity index (χ0) is 10.6. The zero-order valence-electron chi connectivity index (χ0n) is 7.15. The van der Waals surface area contributed by atoms with E-state index in [0.717, 1.165) is 0 Å². The molecule has 0 amide bonds. The zero-order valence-corrected chi connectivity index (χ0v) is 8.66. The first kappa shape index (κ1) is 11.1. The first-order chi connectivity index (χ1) is 6.61. The lowest BCUT2D eigenvalue weighted by atomic mass is 10.2. The van der Waals surface area contributed by atoms with E-state index in [-0.39, 0.29) is 0 Å². The molecule has 0 aliphatic rings. The van der Waals surface area contributed by atoms with Gasteiger partial charge in [-0.15, -0.1) is 23.2 Å². The number of para-hydroxylation sites is 1. The lowest BCUT2D eigenvalue weighted by Gasteiger charge is -2.15. The van der Waals surface area contributed by atoms with Gasteiger partial charge in [-0.25, -0.2) is 4.79 Å². The second-order valence-corrected chi connectivity index (χ2v) is 3.82. The van der Waals surface area contributed by atoms with E-state index in [1.54, 1.807) is 24.3 Å². The van der Waals surface area contributed by atoms with Crippen LogP contribution < -0.4 is 5.32 Å². The summed E-state index contributed by atoms with van der Waals surface area (Å²) in [7, 11) is 0. The van der Waals surface area contributed by atoms with E-state index in [9.17, 15) is 4.79 Å². The number of benzene rings is 1. The Bertz CT molecular complexity index is 303. The number of nitrogens with one attached hydrogen (secondary N) is 1. The van der Waals surface area contributed by atoms with Gasteiger partial charge in [-0.05, 0) is 12.1 Å². The quantitative estimate of drug-likeness (QED) is 0.786. The summed E-state index contributed by atoms with van der Waals surface area (Å²) >= 11 is 11.0. The Morgan fingerprint density at radius 1 is 1.29 bits per heavy atom. The molecule has 0 aromatic heterocycles. The van der Waals surface area contributed by atoms with Crippen molar-refractivity contribution in [2.75, 3.05) is 5.32 Å². The molecule has 1 aromatic rings. The van der Waals surface area contributed by atoms with E-state index < -0.39 is 16.8 Å². The molecule has 0 fully saturated rings. The number of aliphatic carboxylic acids is 1. The van der Waals surface area contributed by atoms with Gasteiger partial charge in [0, 0.05) is 5.69 Å². The van der Waals surface area contributed by atoms with Crippen LogP contribution in [0.15, 0.2) is 30.3 Å². The van der Waals surface area contributed by atoms with Crippen molar-refractivity contribution in [1.82, 2.24) is 0 Å². The van der Waals surface area contributed by atoms with Gasteiger partial charge in [-0.2, -0.15) is 0 Å². The molecule has 1 atom stereocenters. The molecule has 0 aliphatic heterocycles. The van der Waals surface area contributed by atoms with Gasteiger partial charge in [-0.3, -0.25) is 0 Å². The average molecular weight is 234 g/mol. The van der Waals surface area contributed by atoms with Crippen molar-refractivity contribution >= 4 is 34.9 Å². The predicted molar refractivity (Wildman–Crippen MR) is 57.0 cm³/mol. The number of rotatable bonds is 4. The molecule has 0 saturated carbocycles. The molecule has 1 aromatic carbocycles. The molecule has 14 heavy (non-hydrogen) atoms. The van der Waals surface area contributed by atoms with Gasteiger partial charge in [0.1, 0.15) is 4.84 Å². The molecular formula is C9H9Cl2NO2. The van der Waals surface area contributed by atoms with E-state index in [4.69, 9.17) is 28.3 Å². The highest BCUT2D eigenvalue weighted by molar-refractivity contribution is 6.46. The first-order valence-electron chi connectivity index (χ1n) is 3.94. The van der Waals surface area contributed by atoms with E-state index in [0.29, 0.717) is 5.69 Å². The Morgan fingerprint density at radius 3 is 2.29 bits per heavy atom. The van der Waals surface area contributed by atoms with Gasteiger partial charge < -0.3 is 10.4 Å². The summed E-state index contributed by atoms with van der Waals surface area (Å²) in [6.45, 7) is 0. The Kier molecular flexibility index (Phi) is 4.04. The maximum atomic E-state index is 10.7. The molecule has 76 valence electrons. The predicted octanol–water partition coefficient (Wildman–Crippen LogP) is 2.36. The molecule has 2 N–H and O–H groups in total. The number of anilines is 1. The Balaban J connectivity index is 2.70. The summed E-state index contributed by atoms with van der Waals surface area (Å²) in [5.41, 5.74) is 0.672. The largest absolute Gasteiger partial charge is 0.480 e. The van der Waals surface area contributed by atoms with Crippen LogP contribution in [0, 0.1) is 0 Å². The van der Waals surface area contributed by atoms with Crippen LogP contribution in [0.25, 0.3) is 0 Å². The van der Waals surface area contributed by atoms with Gasteiger partial charge in [0.05, 0.1) is 0 Å². The lowest BCUT2D eigenvalue weighted by Crippen LogP contribution is -2.35. The summed E-state index contributed by atoms with van der Waals surface area (Å²) in [5.74, 6) is -1.08. The molecule has 1 unspecified atom stereocenters. The number of hydrogen-bond acceptors (Lipinski definition) is 2. The van der Waals surface area contributed by atoms with E-state index >= 15 is 0 Å². The van der Waals surface area contributed by atoms with Gasteiger partial charge in [0.25, 0.3) is 0 Å². The minimum Gasteiger partial charge on any atom is -0.480 e. The molecule has 0 heterocycles. The second-order valence-electron chi connectivity index (χ2n) is 2.66. The highest BCUT2D eigenvalue weighted by Gasteiger charge is 2.24. The fourth-order valence-electron chi connectivity index (χ4n) is 0.946. The normalized spacial score (nSPS) is 12.5. The van der Waals surface area contributed by atoms with Crippen LogP contribution in [0.1, 0.15) is 0 Å². The van der Waals surface area contributed by atoms with E-state index in [1.807, 2.05) is 6.07 Å². The fraction of sp³-hybridized carbons (Fsp3) is 0.222. The average Bonchev–Trinajstić information content (AvgIpc) is 2.15. The Hall–Kier alpha value is -0.930. The van der Waals surface area contributed by atoms with Crippen molar-refractivity contribution < 1.29 is 9.90 Å². The number of alkyl halides is 2. The molecule has 0 saturated heterocycles. The van der Waals surface area contributed by atoms with Crippen LogP contribution >= 0.6 is 23.2 Å². The van der Waals surface area contributed by atoms with Crippen LogP contribution in [0.5, 0.6) is 0 Å². The van der Waals surface area contributed by atoms with Crippen LogP contribution in [-0.4, -0.2) is 22.0 Å². The number of carboxylic acids is 1. The molecule has 3 nitrogen and oxygen atoms in total. The van der Waals surface area contributed by atoms with Crippen molar-refractivity contribution in [2.24, 2.45) is 0 Å². The molecule has 0 spiro atoms. The maximum Gasteiger partial charge on any atom is 0.328 e. The van der Waals surface area contributed by atoms with Crippen molar-refractivity contribution in [3.63, 3.8) is 0 Å². The monoisotopic (exact) mass is 233 g/mol. The smallest absolute Gasteiger partial charge is 0.328 e.